The number of carbonyl (C=O) groups excluding carboxylic acids is 1. The van der Waals surface area contributed by atoms with Crippen LogP contribution >= 0.6 is 0 Å². The highest BCUT2D eigenvalue weighted by molar-refractivity contribution is 5.88. The summed E-state index contributed by atoms with van der Waals surface area (Å²) >= 11 is 0. The Hall–Kier alpha value is -2.89. The highest BCUT2D eigenvalue weighted by atomic mass is 16.2. The average molecular weight is 307 g/mol. The number of nitrogens with one attached hydrogen (secondary N) is 1. The van der Waals surface area contributed by atoms with Crippen LogP contribution in [-0.2, 0) is 24.2 Å². The number of H-pyrrole nitrogens is 1. The van der Waals surface area contributed by atoms with Gasteiger partial charge in [0.05, 0.1) is 18.7 Å². The third-order valence-electron chi connectivity index (χ3n) is 4.33. The summed E-state index contributed by atoms with van der Waals surface area (Å²) in [5.41, 5.74) is 9.66. The van der Waals surface area contributed by atoms with Crippen LogP contribution in [-0.4, -0.2) is 32.3 Å². The van der Waals surface area contributed by atoms with Crippen LogP contribution in [0.25, 0.3) is 10.9 Å². The first kappa shape index (κ1) is 13.8. The van der Waals surface area contributed by atoms with Crippen LogP contribution in [0, 0.1) is 0 Å². The molecule has 1 aromatic carbocycles. The number of amides is 1. The molecule has 1 aliphatic heterocycles. The predicted molar refractivity (Wildman–Crippen MR) is 87.6 cm³/mol. The van der Waals surface area contributed by atoms with Crippen LogP contribution in [0.1, 0.15) is 16.8 Å². The summed E-state index contributed by atoms with van der Waals surface area (Å²) in [4.78, 5) is 26.0. The Morgan fingerprint density at radius 1 is 1.35 bits per heavy atom. The van der Waals surface area contributed by atoms with Crippen LogP contribution in [0.4, 0.5) is 5.95 Å². The van der Waals surface area contributed by atoms with Crippen molar-refractivity contribution in [3.05, 3.63) is 53.5 Å². The molecule has 0 bridgehead atoms. The zero-order chi connectivity index (χ0) is 15.8. The number of nitrogen functional groups attached to an aromatic ring is 1. The van der Waals surface area contributed by atoms with Crippen LogP contribution in [0.15, 0.2) is 36.7 Å². The minimum Gasteiger partial charge on any atom is -0.368 e. The highest BCUT2D eigenvalue weighted by Gasteiger charge is 2.23. The second-order valence-electron chi connectivity index (χ2n) is 5.80. The van der Waals surface area contributed by atoms with E-state index < -0.39 is 0 Å². The summed E-state index contributed by atoms with van der Waals surface area (Å²) in [7, 11) is 0. The lowest BCUT2D eigenvalue weighted by Gasteiger charge is -2.28. The van der Waals surface area contributed by atoms with Crippen molar-refractivity contribution in [2.24, 2.45) is 0 Å². The fourth-order valence-corrected chi connectivity index (χ4v) is 3.08. The van der Waals surface area contributed by atoms with Gasteiger partial charge in [0.2, 0.25) is 11.9 Å². The molecule has 116 valence electrons. The van der Waals surface area contributed by atoms with Gasteiger partial charge in [-0.3, -0.25) is 4.79 Å². The molecular formula is C17H17N5O. The van der Waals surface area contributed by atoms with Crippen molar-refractivity contribution >= 4 is 22.8 Å². The lowest BCUT2D eigenvalue weighted by atomic mass is 10.1. The number of aromatic amines is 1. The molecule has 3 aromatic rings. The number of para-hydroxylation sites is 1. The first-order valence-corrected chi connectivity index (χ1v) is 7.64. The number of nitrogens with two attached hydrogens (primary N) is 1. The second-order valence-corrected chi connectivity index (χ2v) is 5.80. The van der Waals surface area contributed by atoms with Gasteiger partial charge in [-0.05, 0) is 23.6 Å². The lowest BCUT2D eigenvalue weighted by Crippen LogP contribution is -2.37. The second kappa shape index (κ2) is 5.39. The van der Waals surface area contributed by atoms with E-state index in [2.05, 4.69) is 15.0 Å². The molecule has 0 fully saturated rings. The summed E-state index contributed by atoms with van der Waals surface area (Å²) < 4.78 is 0. The maximum absolute atomic E-state index is 12.6. The normalized spacial score (nSPS) is 14.0. The number of hydrogen-bond acceptors (Lipinski definition) is 4. The Bertz CT molecular complexity index is 886. The van der Waals surface area contributed by atoms with Gasteiger partial charge in [-0.15, -0.1) is 0 Å². The predicted octanol–water partition coefficient (Wildman–Crippen LogP) is 1.67. The van der Waals surface area contributed by atoms with Gasteiger partial charge in [-0.1, -0.05) is 18.2 Å². The maximum atomic E-state index is 12.6. The molecule has 23 heavy (non-hydrogen) atoms. The summed E-state index contributed by atoms with van der Waals surface area (Å²) in [6.07, 6.45) is 4.84. The van der Waals surface area contributed by atoms with Crippen LogP contribution < -0.4 is 5.73 Å². The molecular weight excluding hydrogens is 290 g/mol. The molecule has 3 N–H and O–H groups in total. The molecule has 1 amide bonds. The standard InChI is InChI=1S/C17H17N5O/c18-17-20-8-11-5-6-22(10-15(11)21-17)16(23)7-12-9-19-14-4-2-1-3-13(12)14/h1-4,8-9,19H,5-7,10H2,(H2,18,20,21). The van der Waals surface area contributed by atoms with Crippen LogP contribution in [0.2, 0.25) is 0 Å². The average Bonchev–Trinajstić information content (AvgIpc) is 2.97. The van der Waals surface area contributed by atoms with E-state index >= 15 is 0 Å². The van der Waals surface area contributed by atoms with E-state index in [1.54, 1.807) is 6.20 Å². The Morgan fingerprint density at radius 3 is 3.13 bits per heavy atom. The van der Waals surface area contributed by atoms with Crippen molar-refractivity contribution in [2.45, 2.75) is 19.4 Å². The maximum Gasteiger partial charge on any atom is 0.227 e. The first-order valence-electron chi connectivity index (χ1n) is 7.64. The van der Waals surface area contributed by atoms with E-state index in [0.29, 0.717) is 19.5 Å². The minimum absolute atomic E-state index is 0.109. The molecule has 0 radical (unpaired) electrons. The fourth-order valence-electron chi connectivity index (χ4n) is 3.08. The van der Waals surface area contributed by atoms with E-state index in [4.69, 9.17) is 5.73 Å². The smallest absolute Gasteiger partial charge is 0.227 e. The molecule has 0 spiro atoms. The van der Waals surface area contributed by atoms with Gasteiger partial charge in [0, 0.05) is 29.8 Å². The van der Waals surface area contributed by atoms with Crippen LogP contribution in [0.3, 0.4) is 0 Å². The molecule has 6 nitrogen and oxygen atoms in total. The number of rotatable bonds is 2. The molecule has 0 saturated carbocycles. The summed E-state index contributed by atoms with van der Waals surface area (Å²) in [6, 6.07) is 8.02. The molecule has 0 aliphatic carbocycles. The zero-order valence-electron chi connectivity index (χ0n) is 12.6. The summed E-state index contributed by atoms with van der Waals surface area (Å²) in [5.74, 6) is 0.368. The van der Waals surface area contributed by atoms with Gasteiger partial charge in [0.1, 0.15) is 0 Å². The zero-order valence-corrected chi connectivity index (χ0v) is 12.6. The van der Waals surface area contributed by atoms with Crippen molar-refractivity contribution in [1.29, 1.82) is 0 Å². The minimum atomic E-state index is 0.109. The molecule has 6 heteroatoms. The van der Waals surface area contributed by atoms with Gasteiger partial charge >= 0.3 is 0 Å². The Morgan fingerprint density at radius 2 is 2.22 bits per heavy atom. The van der Waals surface area contributed by atoms with E-state index in [1.807, 2.05) is 35.4 Å². The number of benzene rings is 1. The number of fused-ring (bicyclic) bond motifs is 2. The highest BCUT2D eigenvalue weighted by Crippen LogP contribution is 2.21. The van der Waals surface area contributed by atoms with Gasteiger partial charge in [0.15, 0.2) is 0 Å². The first-order chi connectivity index (χ1) is 11.2. The molecule has 0 saturated heterocycles. The number of hydrogen-bond donors (Lipinski definition) is 2. The molecule has 2 aromatic heterocycles. The van der Waals surface area contributed by atoms with Crippen LogP contribution in [0.5, 0.6) is 0 Å². The third-order valence-corrected chi connectivity index (χ3v) is 4.33. The summed E-state index contributed by atoms with van der Waals surface area (Å²) in [5, 5.41) is 1.10. The topological polar surface area (TPSA) is 87.9 Å². The lowest BCUT2D eigenvalue weighted by molar-refractivity contribution is -0.131. The van der Waals surface area contributed by atoms with E-state index in [1.165, 1.54) is 0 Å². The van der Waals surface area contributed by atoms with Crippen molar-refractivity contribution in [3.63, 3.8) is 0 Å². The largest absolute Gasteiger partial charge is 0.368 e. The van der Waals surface area contributed by atoms with E-state index in [9.17, 15) is 4.79 Å². The summed E-state index contributed by atoms with van der Waals surface area (Å²) in [6.45, 7) is 1.20. The van der Waals surface area contributed by atoms with E-state index in [-0.39, 0.29) is 11.9 Å². The van der Waals surface area contributed by atoms with Crippen molar-refractivity contribution in [2.75, 3.05) is 12.3 Å². The number of carbonyl (C=O) groups is 1. The van der Waals surface area contributed by atoms with Crippen molar-refractivity contribution in [1.82, 2.24) is 19.9 Å². The van der Waals surface area contributed by atoms with E-state index in [0.717, 1.165) is 34.1 Å². The molecule has 0 atom stereocenters. The monoisotopic (exact) mass is 307 g/mol. The Kier molecular flexibility index (Phi) is 3.22. The number of nitrogens with zero attached hydrogens (tertiary/aromatic N) is 3. The van der Waals surface area contributed by atoms with Gasteiger partial charge in [-0.2, -0.15) is 0 Å². The molecule has 3 heterocycles. The fraction of sp³-hybridized carbons (Fsp3) is 0.235. The molecule has 4 rings (SSSR count). The SMILES string of the molecule is Nc1ncc2c(n1)CN(C(=O)Cc1c[nH]c3ccccc13)CC2. The van der Waals surface area contributed by atoms with Gasteiger partial charge in [-0.25, -0.2) is 9.97 Å². The van der Waals surface area contributed by atoms with Gasteiger partial charge < -0.3 is 15.6 Å². The van der Waals surface area contributed by atoms with Crippen molar-refractivity contribution in [3.8, 4) is 0 Å². The molecule has 0 unspecified atom stereocenters. The Labute approximate surface area is 133 Å². The van der Waals surface area contributed by atoms with Crippen molar-refractivity contribution < 1.29 is 4.79 Å². The quantitative estimate of drug-likeness (QED) is 0.754. The van der Waals surface area contributed by atoms with Gasteiger partial charge in [0.25, 0.3) is 0 Å². The molecule has 1 aliphatic rings. The third kappa shape index (κ3) is 2.52. The number of anilines is 1. The Balaban J connectivity index is 1.54. The number of aromatic nitrogens is 3.